The number of thioether (sulfide) groups is 1. The van der Waals surface area contributed by atoms with Crippen LogP contribution < -0.4 is 14.4 Å². The molecule has 1 aliphatic rings. The normalized spacial score (nSPS) is 14.7. The monoisotopic (exact) mass is 609 g/mol. The Kier molecular flexibility index (Phi) is 7.08. The second-order valence-corrected chi connectivity index (χ2v) is 10.7. The minimum absolute atomic E-state index is 0.128. The molecule has 1 saturated heterocycles. The van der Waals surface area contributed by atoms with Gasteiger partial charge in [-0.2, -0.15) is 0 Å². The molecular formula is C28H20INO3S2. The largest absolute Gasteiger partial charge is 0.493 e. The lowest BCUT2D eigenvalue weighted by Crippen LogP contribution is -2.27. The minimum Gasteiger partial charge on any atom is -0.493 e. The van der Waals surface area contributed by atoms with Crippen molar-refractivity contribution in [2.75, 3.05) is 12.0 Å². The molecule has 0 unspecified atom stereocenters. The quantitative estimate of drug-likeness (QED) is 0.129. The fourth-order valence-electron chi connectivity index (χ4n) is 3.87. The van der Waals surface area contributed by atoms with Gasteiger partial charge < -0.3 is 9.47 Å². The Hall–Kier alpha value is -2.88. The van der Waals surface area contributed by atoms with E-state index >= 15 is 0 Å². The van der Waals surface area contributed by atoms with Crippen LogP contribution in [0.2, 0.25) is 0 Å². The Balaban J connectivity index is 1.38. The van der Waals surface area contributed by atoms with Crippen LogP contribution in [0.15, 0.2) is 89.8 Å². The number of carbonyl (C=O) groups is 1. The van der Waals surface area contributed by atoms with Crippen LogP contribution in [-0.2, 0) is 11.4 Å². The van der Waals surface area contributed by atoms with Crippen LogP contribution in [0.4, 0.5) is 5.69 Å². The molecule has 1 fully saturated rings. The van der Waals surface area contributed by atoms with E-state index in [0.29, 0.717) is 27.3 Å². The standard InChI is InChI=1S/C28H20INO3S2/c1-32-24-15-19(16-25-27(31)30(28(34)35-25)22-9-3-2-4-10-22)14-23(29)26(24)33-17-18-11-12-20-7-5-6-8-21(20)13-18/h2-16H,17H2,1H3/b25-16+. The molecule has 5 rings (SSSR count). The molecule has 0 bridgehead atoms. The molecule has 0 N–H and O–H groups in total. The molecule has 0 atom stereocenters. The van der Waals surface area contributed by atoms with Crippen LogP contribution >= 0.6 is 46.6 Å². The fraction of sp³-hybridized carbons (Fsp3) is 0.0714. The lowest BCUT2D eigenvalue weighted by Gasteiger charge is -2.14. The van der Waals surface area contributed by atoms with Gasteiger partial charge in [0.25, 0.3) is 5.91 Å². The highest BCUT2D eigenvalue weighted by Gasteiger charge is 2.33. The fourth-order valence-corrected chi connectivity index (χ4v) is 5.95. The zero-order valence-corrected chi connectivity index (χ0v) is 22.5. The van der Waals surface area contributed by atoms with E-state index in [4.69, 9.17) is 21.7 Å². The van der Waals surface area contributed by atoms with Crippen molar-refractivity contribution in [2.24, 2.45) is 0 Å². The Morgan fingerprint density at radius 2 is 1.71 bits per heavy atom. The molecule has 1 aliphatic heterocycles. The Morgan fingerprint density at radius 3 is 2.49 bits per heavy atom. The summed E-state index contributed by atoms with van der Waals surface area (Å²) < 4.78 is 13.2. The summed E-state index contributed by atoms with van der Waals surface area (Å²) in [6.07, 6.45) is 1.85. The molecule has 0 radical (unpaired) electrons. The summed E-state index contributed by atoms with van der Waals surface area (Å²) in [5, 5.41) is 2.38. The van der Waals surface area contributed by atoms with Gasteiger partial charge in [0.2, 0.25) is 0 Å². The topological polar surface area (TPSA) is 38.8 Å². The summed E-state index contributed by atoms with van der Waals surface area (Å²) in [4.78, 5) is 15.2. The summed E-state index contributed by atoms with van der Waals surface area (Å²) >= 11 is 9.02. The molecule has 1 heterocycles. The van der Waals surface area contributed by atoms with Crippen molar-refractivity contribution in [2.45, 2.75) is 6.61 Å². The number of hydrogen-bond donors (Lipinski definition) is 0. The van der Waals surface area contributed by atoms with Crippen molar-refractivity contribution in [3.8, 4) is 11.5 Å². The number of thiocarbonyl (C=S) groups is 1. The Bertz CT molecular complexity index is 1470. The van der Waals surface area contributed by atoms with Gasteiger partial charge in [-0.05, 0) is 80.9 Å². The van der Waals surface area contributed by atoms with Crippen molar-refractivity contribution in [1.29, 1.82) is 0 Å². The molecule has 0 aromatic heterocycles. The summed E-state index contributed by atoms with van der Waals surface area (Å²) in [6, 6.07) is 27.9. The number of amides is 1. The number of ether oxygens (including phenoxy) is 2. The number of nitrogens with zero attached hydrogens (tertiary/aromatic N) is 1. The van der Waals surface area contributed by atoms with Crippen LogP contribution in [0.25, 0.3) is 16.8 Å². The first-order valence-corrected chi connectivity index (χ1v) is 13.1. The average molecular weight is 610 g/mol. The van der Waals surface area contributed by atoms with Crippen LogP contribution in [0.1, 0.15) is 11.1 Å². The summed E-state index contributed by atoms with van der Waals surface area (Å²) in [6.45, 7) is 0.423. The van der Waals surface area contributed by atoms with Gasteiger partial charge in [-0.15, -0.1) is 0 Å². The van der Waals surface area contributed by atoms with Gasteiger partial charge in [0.15, 0.2) is 15.8 Å². The number of para-hydroxylation sites is 1. The van der Waals surface area contributed by atoms with E-state index in [1.54, 1.807) is 12.0 Å². The van der Waals surface area contributed by atoms with E-state index in [2.05, 4.69) is 52.9 Å². The molecule has 4 nitrogen and oxygen atoms in total. The second kappa shape index (κ2) is 10.4. The maximum atomic E-state index is 13.1. The third-order valence-electron chi connectivity index (χ3n) is 5.55. The van der Waals surface area contributed by atoms with E-state index in [-0.39, 0.29) is 5.91 Å². The van der Waals surface area contributed by atoms with Crippen LogP contribution in [0, 0.1) is 3.57 Å². The summed E-state index contributed by atoms with van der Waals surface area (Å²) in [7, 11) is 1.62. The molecule has 1 amide bonds. The van der Waals surface area contributed by atoms with Gasteiger partial charge >= 0.3 is 0 Å². The molecule has 35 heavy (non-hydrogen) atoms. The van der Waals surface area contributed by atoms with Crippen molar-refractivity contribution >= 4 is 79.3 Å². The number of benzene rings is 4. The van der Waals surface area contributed by atoms with Crippen LogP contribution in [0.5, 0.6) is 11.5 Å². The van der Waals surface area contributed by atoms with E-state index in [9.17, 15) is 4.79 Å². The highest BCUT2D eigenvalue weighted by Crippen LogP contribution is 2.39. The predicted molar refractivity (Wildman–Crippen MR) is 156 cm³/mol. The number of hydrogen-bond acceptors (Lipinski definition) is 5. The molecule has 4 aromatic rings. The number of rotatable bonds is 6. The molecule has 7 heteroatoms. The van der Waals surface area contributed by atoms with Crippen molar-refractivity contribution in [3.63, 3.8) is 0 Å². The van der Waals surface area contributed by atoms with E-state index in [0.717, 1.165) is 20.4 Å². The van der Waals surface area contributed by atoms with Crippen molar-refractivity contribution < 1.29 is 14.3 Å². The zero-order chi connectivity index (χ0) is 24.4. The van der Waals surface area contributed by atoms with Gasteiger partial charge in [-0.1, -0.05) is 78.6 Å². The number of methoxy groups -OCH3 is 1. The Morgan fingerprint density at radius 1 is 0.971 bits per heavy atom. The highest BCUT2D eigenvalue weighted by atomic mass is 127. The first-order valence-electron chi connectivity index (χ1n) is 10.8. The van der Waals surface area contributed by atoms with Gasteiger partial charge in [0.05, 0.1) is 21.3 Å². The van der Waals surface area contributed by atoms with Crippen LogP contribution in [0.3, 0.4) is 0 Å². The SMILES string of the molecule is COc1cc(/C=C2/SC(=S)N(c3ccccc3)C2=O)cc(I)c1OCc1ccc2ccccc2c1. The van der Waals surface area contributed by atoms with Crippen LogP contribution in [-0.4, -0.2) is 17.3 Å². The van der Waals surface area contributed by atoms with Gasteiger partial charge in [-0.25, -0.2) is 0 Å². The number of carbonyl (C=O) groups excluding carboxylic acids is 1. The highest BCUT2D eigenvalue weighted by molar-refractivity contribution is 14.1. The summed E-state index contributed by atoms with van der Waals surface area (Å²) in [5.74, 6) is 1.16. The number of anilines is 1. The first kappa shape index (κ1) is 23.8. The number of fused-ring (bicyclic) bond motifs is 1. The maximum absolute atomic E-state index is 13.1. The molecule has 0 aliphatic carbocycles. The van der Waals surface area contributed by atoms with Crippen molar-refractivity contribution in [1.82, 2.24) is 0 Å². The van der Waals surface area contributed by atoms with Gasteiger partial charge in [0.1, 0.15) is 6.61 Å². The molecule has 0 saturated carbocycles. The van der Waals surface area contributed by atoms with Gasteiger partial charge in [-0.3, -0.25) is 9.69 Å². The Labute approximate surface area is 227 Å². The third kappa shape index (κ3) is 5.07. The predicted octanol–water partition coefficient (Wildman–Crippen LogP) is 7.44. The third-order valence-corrected chi connectivity index (χ3v) is 7.66. The summed E-state index contributed by atoms with van der Waals surface area (Å²) in [5.41, 5.74) is 2.69. The molecule has 0 spiro atoms. The van der Waals surface area contributed by atoms with E-state index in [1.807, 2.05) is 60.7 Å². The van der Waals surface area contributed by atoms with Crippen molar-refractivity contribution in [3.05, 3.63) is 105 Å². The second-order valence-electron chi connectivity index (χ2n) is 7.86. The molecule has 4 aromatic carbocycles. The molecular weight excluding hydrogens is 589 g/mol. The van der Waals surface area contributed by atoms with E-state index < -0.39 is 0 Å². The zero-order valence-electron chi connectivity index (χ0n) is 18.7. The first-order chi connectivity index (χ1) is 17.0. The lowest BCUT2D eigenvalue weighted by molar-refractivity contribution is -0.113. The number of halogens is 1. The molecule has 174 valence electrons. The van der Waals surface area contributed by atoms with Gasteiger partial charge in [0, 0.05) is 0 Å². The lowest BCUT2D eigenvalue weighted by atomic mass is 10.1. The average Bonchev–Trinajstić information content (AvgIpc) is 3.15. The smallest absolute Gasteiger partial charge is 0.270 e. The maximum Gasteiger partial charge on any atom is 0.270 e. The minimum atomic E-state index is -0.128. The van der Waals surface area contributed by atoms with E-state index in [1.165, 1.54) is 22.5 Å².